The summed E-state index contributed by atoms with van der Waals surface area (Å²) >= 11 is 0. The Labute approximate surface area is 246 Å². The minimum absolute atomic E-state index is 0.0396. The molecule has 0 radical (unpaired) electrons. The number of carbonyl (C=O) groups excluding carboxylic acids is 4. The molecule has 0 saturated carbocycles. The molecule has 3 aromatic rings. The molecular formula is C32H38N6O4. The van der Waals surface area contributed by atoms with Gasteiger partial charge in [0.15, 0.2) is 5.69 Å². The van der Waals surface area contributed by atoms with Crippen molar-refractivity contribution in [1.29, 1.82) is 0 Å². The second kappa shape index (κ2) is 13.5. The second-order valence-corrected chi connectivity index (χ2v) is 11.0. The zero-order valence-corrected chi connectivity index (χ0v) is 24.1. The molecule has 2 bridgehead atoms. The number of fused-ring (bicyclic) bond motifs is 1. The molecule has 0 fully saturated rings. The van der Waals surface area contributed by atoms with Gasteiger partial charge in [0.05, 0.1) is 6.54 Å². The summed E-state index contributed by atoms with van der Waals surface area (Å²) in [6.45, 7) is 1.27. The van der Waals surface area contributed by atoms with Crippen molar-refractivity contribution in [3.63, 3.8) is 0 Å². The highest BCUT2D eigenvalue weighted by Crippen LogP contribution is 2.24. The number of rotatable bonds is 4. The first-order chi connectivity index (χ1) is 20.4. The van der Waals surface area contributed by atoms with Crippen LogP contribution < -0.4 is 10.6 Å². The average Bonchev–Trinajstić information content (AvgIpc) is 3.34. The molecule has 5 rings (SSSR count). The fourth-order valence-electron chi connectivity index (χ4n) is 5.79. The average molecular weight is 571 g/mol. The number of nitrogens with zero attached hydrogens (tertiary/aromatic N) is 4. The molecule has 1 aliphatic carbocycles. The minimum Gasteiger partial charge on any atom is -0.351 e. The highest BCUT2D eigenvalue weighted by atomic mass is 16.2. The van der Waals surface area contributed by atoms with Gasteiger partial charge in [0, 0.05) is 62.5 Å². The van der Waals surface area contributed by atoms with Crippen LogP contribution in [0.15, 0.2) is 60.7 Å². The number of hydrogen-bond donors (Lipinski definition) is 2. The number of nitrogens with one attached hydrogen (secondary N) is 2. The summed E-state index contributed by atoms with van der Waals surface area (Å²) in [5, 5.41) is 10.5. The molecule has 4 amide bonds. The van der Waals surface area contributed by atoms with E-state index in [-0.39, 0.29) is 49.2 Å². The van der Waals surface area contributed by atoms with E-state index in [1.165, 1.54) is 0 Å². The monoisotopic (exact) mass is 570 g/mol. The van der Waals surface area contributed by atoms with E-state index in [4.69, 9.17) is 0 Å². The van der Waals surface area contributed by atoms with Gasteiger partial charge in [-0.2, -0.15) is 5.10 Å². The van der Waals surface area contributed by atoms with Gasteiger partial charge in [0.25, 0.3) is 11.8 Å². The van der Waals surface area contributed by atoms with Crippen LogP contribution in [0.1, 0.15) is 56.9 Å². The number of amides is 4. The molecule has 2 aliphatic rings. The fraction of sp³-hybridized carbons (Fsp3) is 0.406. The Morgan fingerprint density at radius 1 is 0.976 bits per heavy atom. The molecule has 10 heteroatoms. The van der Waals surface area contributed by atoms with Gasteiger partial charge in [-0.25, -0.2) is 0 Å². The predicted octanol–water partition coefficient (Wildman–Crippen LogP) is 2.13. The van der Waals surface area contributed by atoms with Crippen LogP contribution in [0.25, 0.3) is 0 Å². The lowest BCUT2D eigenvalue weighted by Gasteiger charge is -2.27. The summed E-state index contributed by atoms with van der Waals surface area (Å²) in [4.78, 5) is 56.5. The Morgan fingerprint density at radius 3 is 2.48 bits per heavy atom. The summed E-state index contributed by atoms with van der Waals surface area (Å²) in [7, 11) is 1.83. The van der Waals surface area contributed by atoms with Gasteiger partial charge in [-0.1, -0.05) is 48.5 Å². The number of hydrogen-bond acceptors (Lipinski definition) is 5. The van der Waals surface area contributed by atoms with Crippen LogP contribution in [0, 0.1) is 0 Å². The molecule has 0 spiro atoms. The number of benzene rings is 2. The molecule has 1 aliphatic heterocycles. The summed E-state index contributed by atoms with van der Waals surface area (Å²) in [5.74, 6) is -0.790. The van der Waals surface area contributed by atoms with Crippen LogP contribution in [-0.2, 0) is 35.9 Å². The van der Waals surface area contributed by atoms with Gasteiger partial charge in [-0.05, 0) is 49.8 Å². The molecule has 1 aromatic heterocycles. The lowest BCUT2D eigenvalue weighted by atomic mass is 9.91. The molecule has 10 nitrogen and oxygen atoms in total. The first-order valence-corrected chi connectivity index (χ1v) is 14.7. The highest BCUT2D eigenvalue weighted by Gasteiger charge is 2.30. The maximum absolute atomic E-state index is 13.4. The van der Waals surface area contributed by atoms with E-state index in [0.29, 0.717) is 56.6 Å². The lowest BCUT2D eigenvalue weighted by Crippen LogP contribution is -2.46. The van der Waals surface area contributed by atoms with Crippen molar-refractivity contribution in [3.8, 4) is 0 Å². The maximum Gasteiger partial charge on any atom is 0.272 e. The Kier molecular flexibility index (Phi) is 9.31. The van der Waals surface area contributed by atoms with Crippen molar-refractivity contribution in [2.24, 2.45) is 7.05 Å². The molecular weight excluding hydrogens is 532 g/mol. The molecule has 2 N–H and O–H groups in total. The predicted molar refractivity (Wildman–Crippen MR) is 158 cm³/mol. The summed E-state index contributed by atoms with van der Waals surface area (Å²) < 4.78 is 1.75. The van der Waals surface area contributed by atoms with E-state index in [2.05, 4.69) is 15.7 Å². The fourth-order valence-corrected chi connectivity index (χ4v) is 5.79. The molecule has 2 heterocycles. The third kappa shape index (κ3) is 7.05. The molecule has 0 saturated heterocycles. The Hall–Kier alpha value is -4.47. The van der Waals surface area contributed by atoms with Crippen LogP contribution >= 0.6 is 0 Å². The molecule has 1 atom stereocenters. The Balaban J connectivity index is 1.38. The number of carbonyl (C=O) groups is 4. The zero-order chi connectivity index (χ0) is 29.5. The van der Waals surface area contributed by atoms with Gasteiger partial charge in [-0.3, -0.25) is 23.9 Å². The Bertz CT molecular complexity index is 1420. The van der Waals surface area contributed by atoms with Gasteiger partial charge in [-0.15, -0.1) is 0 Å². The smallest absolute Gasteiger partial charge is 0.272 e. The normalized spacial score (nSPS) is 18.7. The van der Waals surface area contributed by atoms with E-state index in [1.807, 2.05) is 55.6 Å². The zero-order valence-electron chi connectivity index (χ0n) is 24.1. The van der Waals surface area contributed by atoms with Crippen LogP contribution in [0.3, 0.4) is 0 Å². The van der Waals surface area contributed by atoms with Crippen LogP contribution in [0.4, 0.5) is 0 Å². The highest BCUT2D eigenvalue weighted by molar-refractivity contribution is 5.95. The van der Waals surface area contributed by atoms with Gasteiger partial charge >= 0.3 is 0 Å². The quantitative estimate of drug-likeness (QED) is 0.499. The summed E-state index contributed by atoms with van der Waals surface area (Å²) in [5.41, 5.74) is 3.83. The summed E-state index contributed by atoms with van der Waals surface area (Å²) in [6, 6.07) is 18.7. The van der Waals surface area contributed by atoms with Crippen molar-refractivity contribution in [2.45, 2.75) is 44.6 Å². The summed E-state index contributed by atoms with van der Waals surface area (Å²) in [6.07, 6.45) is 3.19. The lowest BCUT2D eigenvalue weighted by molar-refractivity contribution is -0.136. The number of aryl methyl sites for hydroxylation is 1. The second-order valence-electron chi connectivity index (χ2n) is 11.0. The van der Waals surface area contributed by atoms with Crippen LogP contribution in [-0.4, -0.2) is 82.0 Å². The molecule has 42 heavy (non-hydrogen) atoms. The van der Waals surface area contributed by atoms with Gasteiger partial charge in [0.2, 0.25) is 11.8 Å². The standard InChI is InChI=1S/C32H38N6O4/c1-36-27-15-14-25-21-26(27)30(35-36)31(41)33-17-20-37(32(42)24-11-6-3-7-12-24)18-8-13-29(40)38(22-28(39)34-25)19-16-23-9-4-2-5-10-23/h2-7,9-12,25H,8,13-22H2,1H3,(H,33,41)(H,34,39). The molecule has 2 aromatic carbocycles. The van der Waals surface area contributed by atoms with Gasteiger partial charge < -0.3 is 20.4 Å². The Morgan fingerprint density at radius 2 is 1.71 bits per heavy atom. The molecule has 220 valence electrons. The van der Waals surface area contributed by atoms with E-state index in [0.717, 1.165) is 23.2 Å². The SMILES string of the molecule is Cn1nc2c3c1CCC(C3)NC(=O)CN(CCc1ccccc1)C(=O)CCCN(C(=O)c1ccccc1)CCNC2=O. The largest absolute Gasteiger partial charge is 0.351 e. The topological polar surface area (TPSA) is 117 Å². The van der Waals surface area contributed by atoms with Crippen molar-refractivity contribution >= 4 is 23.6 Å². The minimum atomic E-state index is -0.294. The first kappa shape index (κ1) is 29.0. The van der Waals surface area contributed by atoms with E-state index < -0.39 is 0 Å². The van der Waals surface area contributed by atoms with Crippen molar-refractivity contribution in [1.82, 2.24) is 30.2 Å². The van der Waals surface area contributed by atoms with Crippen molar-refractivity contribution in [3.05, 3.63) is 88.7 Å². The van der Waals surface area contributed by atoms with Crippen LogP contribution in [0.2, 0.25) is 0 Å². The van der Waals surface area contributed by atoms with Gasteiger partial charge in [0.1, 0.15) is 0 Å². The maximum atomic E-state index is 13.4. The van der Waals surface area contributed by atoms with Crippen molar-refractivity contribution < 1.29 is 19.2 Å². The molecule has 1 unspecified atom stereocenters. The van der Waals surface area contributed by atoms with Crippen molar-refractivity contribution in [2.75, 3.05) is 32.7 Å². The third-order valence-corrected chi connectivity index (χ3v) is 8.03. The first-order valence-electron chi connectivity index (χ1n) is 14.7. The number of aromatic nitrogens is 2. The van der Waals surface area contributed by atoms with E-state index >= 15 is 0 Å². The van der Waals surface area contributed by atoms with E-state index in [1.54, 1.807) is 26.6 Å². The van der Waals surface area contributed by atoms with E-state index in [9.17, 15) is 19.2 Å². The third-order valence-electron chi connectivity index (χ3n) is 8.03. The van der Waals surface area contributed by atoms with Crippen LogP contribution in [0.5, 0.6) is 0 Å².